The minimum Gasteiger partial charge on any atom is -0.497 e. The van der Waals surface area contributed by atoms with E-state index in [2.05, 4.69) is 4.74 Å². The molecule has 0 fully saturated rings. The maximum Gasteiger partial charge on any atom is 0.411 e. The minimum absolute atomic E-state index is 0.0526. The number of rotatable bonds is 7. The molecule has 0 saturated carbocycles. The zero-order chi connectivity index (χ0) is 15.2. The van der Waals surface area contributed by atoms with Crippen molar-refractivity contribution in [1.82, 2.24) is 0 Å². The largest absolute Gasteiger partial charge is 0.497 e. The SMILES string of the molecule is COc1ccc([C@H](C)O)c(OCCOCC(F)(F)F)c1. The molecule has 1 aromatic rings. The number of hydrogen-bond donors (Lipinski definition) is 1. The molecule has 1 aromatic carbocycles. The number of benzene rings is 1. The number of aliphatic hydroxyl groups excluding tert-OH is 1. The fraction of sp³-hybridized carbons (Fsp3) is 0.538. The van der Waals surface area contributed by atoms with Gasteiger partial charge in [-0.25, -0.2) is 0 Å². The van der Waals surface area contributed by atoms with E-state index >= 15 is 0 Å². The van der Waals surface area contributed by atoms with Crippen LogP contribution < -0.4 is 9.47 Å². The molecule has 1 rings (SSSR count). The van der Waals surface area contributed by atoms with Crippen LogP contribution in [0.1, 0.15) is 18.6 Å². The first-order chi connectivity index (χ1) is 9.33. The molecule has 0 bridgehead atoms. The van der Waals surface area contributed by atoms with Gasteiger partial charge >= 0.3 is 6.18 Å². The molecule has 7 heteroatoms. The van der Waals surface area contributed by atoms with E-state index in [1.54, 1.807) is 25.1 Å². The van der Waals surface area contributed by atoms with Crippen molar-refractivity contribution in [3.05, 3.63) is 23.8 Å². The second-order valence-electron chi connectivity index (χ2n) is 4.10. The first-order valence-electron chi connectivity index (χ1n) is 5.97. The summed E-state index contributed by atoms with van der Waals surface area (Å²) in [5.74, 6) is 0.885. The first-order valence-corrected chi connectivity index (χ1v) is 5.97. The van der Waals surface area contributed by atoms with Gasteiger partial charge in [0.1, 0.15) is 24.7 Å². The number of halogens is 3. The van der Waals surface area contributed by atoms with Crippen LogP contribution in [0.2, 0.25) is 0 Å². The first kappa shape index (κ1) is 16.6. The number of ether oxygens (including phenoxy) is 3. The van der Waals surface area contributed by atoms with Gasteiger partial charge in [-0.15, -0.1) is 0 Å². The molecule has 0 saturated heterocycles. The van der Waals surface area contributed by atoms with Gasteiger partial charge in [0.05, 0.1) is 19.8 Å². The summed E-state index contributed by atoms with van der Waals surface area (Å²) in [5.41, 5.74) is 0.529. The van der Waals surface area contributed by atoms with E-state index in [0.717, 1.165) is 0 Å². The Kier molecular flexibility index (Phi) is 6.09. The molecule has 0 aliphatic rings. The van der Waals surface area contributed by atoms with Gasteiger partial charge in [-0.3, -0.25) is 0 Å². The van der Waals surface area contributed by atoms with E-state index in [9.17, 15) is 18.3 Å². The molecule has 0 spiro atoms. The third kappa shape index (κ3) is 5.66. The van der Waals surface area contributed by atoms with Crippen molar-refractivity contribution in [1.29, 1.82) is 0 Å². The van der Waals surface area contributed by atoms with Crippen LogP contribution in [0.15, 0.2) is 18.2 Å². The van der Waals surface area contributed by atoms with E-state index in [-0.39, 0.29) is 13.2 Å². The topological polar surface area (TPSA) is 47.9 Å². The lowest BCUT2D eigenvalue weighted by Gasteiger charge is -2.15. The Morgan fingerprint density at radius 2 is 1.95 bits per heavy atom. The summed E-state index contributed by atoms with van der Waals surface area (Å²) in [6.07, 6.45) is -5.10. The lowest BCUT2D eigenvalue weighted by Crippen LogP contribution is -2.19. The normalized spacial score (nSPS) is 13.1. The molecular weight excluding hydrogens is 277 g/mol. The van der Waals surface area contributed by atoms with E-state index in [4.69, 9.17) is 9.47 Å². The van der Waals surface area contributed by atoms with Crippen LogP contribution in [0.5, 0.6) is 11.5 Å². The molecule has 20 heavy (non-hydrogen) atoms. The number of hydrogen-bond acceptors (Lipinski definition) is 4. The van der Waals surface area contributed by atoms with Crippen LogP contribution in [0.4, 0.5) is 13.2 Å². The Morgan fingerprint density at radius 1 is 1.25 bits per heavy atom. The summed E-state index contributed by atoms with van der Waals surface area (Å²) in [5, 5.41) is 9.58. The molecule has 0 aromatic heterocycles. The van der Waals surface area contributed by atoms with Gasteiger partial charge in [-0.1, -0.05) is 0 Å². The predicted molar refractivity (Wildman–Crippen MR) is 66.0 cm³/mol. The van der Waals surface area contributed by atoms with Crippen molar-refractivity contribution in [3.8, 4) is 11.5 Å². The fourth-order valence-corrected chi connectivity index (χ4v) is 1.51. The van der Waals surface area contributed by atoms with E-state index in [1.807, 2.05) is 0 Å². The Bertz CT molecular complexity index is 419. The van der Waals surface area contributed by atoms with Gasteiger partial charge in [0.25, 0.3) is 0 Å². The highest BCUT2D eigenvalue weighted by molar-refractivity contribution is 5.41. The molecular formula is C13H17F3O4. The van der Waals surface area contributed by atoms with Gasteiger partial charge < -0.3 is 19.3 Å². The molecule has 0 aliphatic carbocycles. The third-order valence-electron chi connectivity index (χ3n) is 2.42. The molecule has 4 nitrogen and oxygen atoms in total. The minimum atomic E-state index is -4.35. The average molecular weight is 294 g/mol. The highest BCUT2D eigenvalue weighted by Gasteiger charge is 2.27. The van der Waals surface area contributed by atoms with Gasteiger partial charge in [0.2, 0.25) is 0 Å². The van der Waals surface area contributed by atoms with Crippen molar-refractivity contribution in [2.24, 2.45) is 0 Å². The predicted octanol–water partition coefficient (Wildman–Crippen LogP) is 2.71. The monoisotopic (exact) mass is 294 g/mol. The van der Waals surface area contributed by atoms with E-state index in [0.29, 0.717) is 17.1 Å². The summed E-state index contributed by atoms with van der Waals surface area (Å²) in [6.45, 7) is 0.00545. The zero-order valence-electron chi connectivity index (χ0n) is 11.2. The lowest BCUT2D eigenvalue weighted by molar-refractivity contribution is -0.175. The maximum absolute atomic E-state index is 11.9. The van der Waals surface area contributed by atoms with Gasteiger partial charge in [-0.2, -0.15) is 13.2 Å². The summed E-state index contributed by atoms with van der Waals surface area (Å²) >= 11 is 0. The molecule has 0 radical (unpaired) electrons. The van der Waals surface area contributed by atoms with Crippen LogP contribution in [0.3, 0.4) is 0 Å². The second kappa shape index (κ2) is 7.35. The Hall–Kier alpha value is -1.47. The summed E-state index contributed by atoms with van der Waals surface area (Å²) < 4.78 is 50.4. The standard InChI is InChI=1S/C13H17F3O4/c1-9(17)11-4-3-10(18-2)7-12(11)20-6-5-19-8-13(14,15)16/h3-4,7,9,17H,5-6,8H2,1-2H3/t9-/m0/s1. The van der Waals surface area contributed by atoms with Gasteiger partial charge in [0, 0.05) is 11.6 Å². The van der Waals surface area contributed by atoms with Crippen molar-refractivity contribution >= 4 is 0 Å². The zero-order valence-corrected chi connectivity index (χ0v) is 11.2. The summed E-state index contributed by atoms with van der Waals surface area (Å²) in [4.78, 5) is 0. The van der Waals surface area contributed by atoms with Crippen LogP contribution in [0.25, 0.3) is 0 Å². The summed E-state index contributed by atoms with van der Waals surface area (Å²) in [6, 6.07) is 4.86. The van der Waals surface area contributed by atoms with Crippen LogP contribution in [0, 0.1) is 0 Å². The molecule has 0 unspecified atom stereocenters. The number of aliphatic hydroxyl groups is 1. The average Bonchev–Trinajstić information content (AvgIpc) is 2.36. The smallest absolute Gasteiger partial charge is 0.411 e. The van der Waals surface area contributed by atoms with Crippen LogP contribution in [-0.2, 0) is 4.74 Å². The highest BCUT2D eigenvalue weighted by atomic mass is 19.4. The van der Waals surface area contributed by atoms with Crippen molar-refractivity contribution in [3.63, 3.8) is 0 Å². The Morgan fingerprint density at radius 3 is 2.50 bits per heavy atom. The van der Waals surface area contributed by atoms with Gasteiger partial charge in [0.15, 0.2) is 0 Å². The molecule has 1 atom stereocenters. The van der Waals surface area contributed by atoms with Crippen LogP contribution in [-0.4, -0.2) is 38.2 Å². The third-order valence-corrected chi connectivity index (χ3v) is 2.42. The number of alkyl halides is 3. The highest BCUT2D eigenvalue weighted by Crippen LogP contribution is 2.29. The lowest BCUT2D eigenvalue weighted by atomic mass is 10.1. The quantitative estimate of drug-likeness (QED) is 0.786. The van der Waals surface area contributed by atoms with E-state index in [1.165, 1.54) is 7.11 Å². The Balaban J connectivity index is 2.53. The fourth-order valence-electron chi connectivity index (χ4n) is 1.51. The van der Waals surface area contributed by atoms with Gasteiger partial charge in [-0.05, 0) is 19.1 Å². The van der Waals surface area contributed by atoms with Crippen molar-refractivity contribution in [2.45, 2.75) is 19.2 Å². The summed E-state index contributed by atoms with van der Waals surface area (Å²) in [7, 11) is 1.48. The molecule has 0 heterocycles. The van der Waals surface area contributed by atoms with Crippen LogP contribution >= 0.6 is 0 Å². The molecule has 0 amide bonds. The second-order valence-corrected chi connectivity index (χ2v) is 4.10. The Labute approximate surface area is 115 Å². The van der Waals surface area contributed by atoms with E-state index < -0.39 is 18.9 Å². The molecule has 114 valence electrons. The van der Waals surface area contributed by atoms with Crippen molar-refractivity contribution < 1.29 is 32.5 Å². The molecule has 1 N–H and O–H groups in total. The van der Waals surface area contributed by atoms with Crippen molar-refractivity contribution in [2.75, 3.05) is 26.9 Å². The maximum atomic E-state index is 11.9. The number of methoxy groups -OCH3 is 1. The molecule has 0 aliphatic heterocycles.